The SMILES string of the molecule is Cc1cccc(Nc2c(-c3ccccc3)ccc3c4c(oc23)=C=C=4)c1. The molecule has 2 nitrogen and oxygen atoms in total. The highest BCUT2D eigenvalue weighted by Gasteiger charge is 2.16. The molecule has 5 rings (SSSR count). The molecule has 0 unspecified atom stereocenters. The first-order valence-electron chi connectivity index (χ1n) is 8.30. The topological polar surface area (TPSA) is 25.2 Å². The van der Waals surface area contributed by atoms with E-state index in [1.165, 1.54) is 5.56 Å². The fourth-order valence-corrected chi connectivity index (χ4v) is 3.28. The van der Waals surface area contributed by atoms with Crippen molar-refractivity contribution in [3.05, 3.63) is 82.9 Å². The van der Waals surface area contributed by atoms with Gasteiger partial charge >= 0.3 is 0 Å². The average molecular weight is 321 g/mol. The van der Waals surface area contributed by atoms with Gasteiger partial charge in [-0.25, -0.2) is 0 Å². The van der Waals surface area contributed by atoms with E-state index >= 15 is 0 Å². The summed E-state index contributed by atoms with van der Waals surface area (Å²) in [6.45, 7) is 2.09. The molecule has 118 valence electrons. The third kappa shape index (κ3) is 2.21. The Morgan fingerprint density at radius 1 is 0.880 bits per heavy atom. The molecule has 0 bridgehead atoms. The number of nitrogens with one attached hydrogen (secondary N) is 1. The second-order valence-electron chi connectivity index (χ2n) is 6.28. The lowest BCUT2D eigenvalue weighted by atomic mass is 10.0. The number of aryl methyl sites for hydroxylation is 1. The zero-order chi connectivity index (χ0) is 16.8. The van der Waals surface area contributed by atoms with Gasteiger partial charge in [0, 0.05) is 16.6 Å². The standard InChI is InChI=1S/C23H15NO/c1-15-6-5-9-17(14-15)24-22-18(16-7-3-2-4-8-16)10-11-20-19-12-13-21(19)25-23(20)22/h2-11,14,24H,1H3. The van der Waals surface area contributed by atoms with Crippen LogP contribution in [-0.2, 0) is 0 Å². The van der Waals surface area contributed by atoms with Crippen molar-refractivity contribution in [2.45, 2.75) is 6.92 Å². The molecule has 1 N–H and O–H groups in total. The van der Waals surface area contributed by atoms with Crippen LogP contribution >= 0.6 is 0 Å². The van der Waals surface area contributed by atoms with E-state index in [9.17, 15) is 0 Å². The van der Waals surface area contributed by atoms with E-state index < -0.39 is 0 Å². The smallest absolute Gasteiger partial charge is 0.194 e. The van der Waals surface area contributed by atoms with Crippen molar-refractivity contribution in [2.24, 2.45) is 0 Å². The van der Waals surface area contributed by atoms with Crippen molar-refractivity contribution >= 4 is 33.8 Å². The van der Waals surface area contributed by atoms with Crippen molar-refractivity contribution in [3.8, 4) is 11.1 Å². The fraction of sp³-hybridized carbons (Fsp3) is 0.0435. The Hall–Kier alpha value is -3.44. The number of fused-ring (bicyclic) bond motifs is 3. The van der Waals surface area contributed by atoms with Crippen LogP contribution in [0.3, 0.4) is 0 Å². The highest BCUT2D eigenvalue weighted by molar-refractivity contribution is 6.00. The molecule has 1 aliphatic carbocycles. The monoisotopic (exact) mass is 321 g/mol. The summed E-state index contributed by atoms with van der Waals surface area (Å²) in [5.41, 5.74) is 13.2. The molecule has 25 heavy (non-hydrogen) atoms. The van der Waals surface area contributed by atoms with Crippen LogP contribution < -0.4 is 16.0 Å². The lowest BCUT2D eigenvalue weighted by Gasteiger charge is -2.13. The van der Waals surface area contributed by atoms with Gasteiger partial charge in [-0.05, 0) is 42.0 Å². The van der Waals surface area contributed by atoms with Crippen LogP contribution in [0.15, 0.2) is 71.1 Å². The van der Waals surface area contributed by atoms with Crippen LogP contribution in [0.5, 0.6) is 0 Å². The molecule has 0 saturated carbocycles. The number of hydrogen-bond donors (Lipinski definition) is 1. The van der Waals surface area contributed by atoms with Crippen LogP contribution in [0, 0.1) is 6.92 Å². The largest absolute Gasteiger partial charge is 0.444 e. The Morgan fingerprint density at radius 2 is 1.76 bits per heavy atom. The minimum atomic E-state index is 0.785. The van der Waals surface area contributed by atoms with Gasteiger partial charge in [-0.15, -0.1) is 0 Å². The summed E-state index contributed by atoms with van der Waals surface area (Å²) in [6, 6.07) is 23.0. The summed E-state index contributed by atoms with van der Waals surface area (Å²) in [5, 5.41) is 5.66. The van der Waals surface area contributed by atoms with Gasteiger partial charge in [0.1, 0.15) is 0 Å². The lowest BCUT2D eigenvalue weighted by molar-refractivity contribution is 0.576. The molecule has 0 amide bonds. The molecule has 2 heteroatoms. The molecule has 0 aliphatic heterocycles. The predicted molar refractivity (Wildman–Crippen MR) is 102 cm³/mol. The van der Waals surface area contributed by atoms with Crippen molar-refractivity contribution in [3.63, 3.8) is 0 Å². The average Bonchev–Trinajstić information content (AvgIpc) is 2.86. The highest BCUT2D eigenvalue weighted by atomic mass is 16.3. The summed E-state index contributed by atoms with van der Waals surface area (Å²) in [6.07, 6.45) is 0. The third-order valence-corrected chi connectivity index (χ3v) is 4.53. The lowest BCUT2D eigenvalue weighted by Crippen LogP contribution is -2.21. The van der Waals surface area contributed by atoms with E-state index in [4.69, 9.17) is 4.42 Å². The molecule has 0 atom stereocenters. The molecule has 1 heterocycles. The first-order valence-corrected chi connectivity index (χ1v) is 8.30. The minimum Gasteiger partial charge on any atom is -0.444 e. The normalized spacial score (nSPS) is 11.4. The van der Waals surface area contributed by atoms with E-state index in [1.54, 1.807) is 0 Å². The molecular formula is C23H15NO. The fourth-order valence-electron chi connectivity index (χ4n) is 3.28. The first-order chi connectivity index (χ1) is 12.3. The van der Waals surface area contributed by atoms with E-state index in [-0.39, 0.29) is 0 Å². The van der Waals surface area contributed by atoms with Crippen LogP contribution in [0.2, 0.25) is 0 Å². The summed E-state index contributed by atoms with van der Waals surface area (Å²) >= 11 is 0. The van der Waals surface area contributed by atoms with E-state index in [0.29, 0.717) is 0 Å². The molecule has 1 aromatic heterocycles. The first kappa shape index (κ1) is 13.9. The highest BCUT2D eigenvalue weighted by Crippen LogP contribution is 2.35. The zero-order valence-corrected chi connectivity index (χ0v) is 13.8. The molecule has 3 aromatic carbocycles. The Balaban J connectivity index is 1.77. The quantitative estimate of drug-likeness (QED) is 0.530. The Morgan fingerprint density at radius 3 is 2.52 bits per heavy atom. The van der Waals surface area contributed by atoms with Crippen molar-refractivity contribution < 1.29 is 4.42 Å². The van der Waals surface area contributed by atoms with Gasteiger partial charge in [-0.3, -0.25) is 0 Å². The molecule has 0 saturated heterocycles. The minimum absolute atomic E-state index is 0.785. The van der Waals surface area contributed by atoms with E-state index in [1.807, 2.05) is 6.07 Å². The van der Waals surface area contributed by atoms with Gasteiger partial charge in [0.2, 0.25) is 0 Å². The van der Waals surface area contributed by atoms with Crippen LogP contribution in [0.25, 0.3) is 33.6 Å². The molecular weight excluding hydrogens is 306 g/mol. The maximum absolute atomic E-state index is 6.05. The zero-order valence-electron chi connectivity index (χ0n) is 13.8. The van der Waals surface area contributed by atoms with Gasteiger partial charge < -0.3 is 9.73 Å². The maximum Gasteiger partial charge on any atom is 0.194 e. The molecule has 0 spiro atoms. The Labute approximate surface area is 145 Å². The van der Waals surface area contributed by atoms with E-state index in [2.05, 4.69) is 84.4 Å². The summed E-state index contributed by atoms with van der Waals surface area (Å²) in [7, 11) is 0. The van der Waals surface area contributed by atoms with E-state index in [0.717, 1.165) is 44.1 Å². The molecule has 1 aliphatic rings. The maximum atomic E-state index is 6.05. The van der Waals surface area contributed by atoms with Gasteiger partial charge in [-0.1, -0.05) is 54.3 Å². The van der Waals surface area contributed by atoms with Crippen LogP contribution in [0.1, 0.15) is 5.56 Å². The molecule has 4 aromatic rings. The van der Waals surface area contributed by atoms with Crippen LogP contribution in [-0.4, -0.2) is 0 Å². The van der Waals surface area contributed by atoms with Gasteiger partial charge in [0.05, 0.1) is 10.9 Å². The second kappa shape index (κ2) is 5.29. The number of furan rings is 1. The molecule has 0 radical (unpaired) electrons. The summed E-state index contributed by atoms with van der Waals surface area (Å²) < 4.78 is 6.05. The Bertz CT molecular complexity index is 1290. The predicted octanol–water partition coefficient (Wildman–Crippen LogP) is 4.48. The number of anilines is 2. The third-order valence-electron chi connectivity index (χ3n) is 4.53. The van der Waals surface area contributed by atoms with Gasteiger partial charge in [0.15, 0.2) is 11.0 Å². The molecule has 0 fully saturated rings. The number of benzene rings is 3. The van der Waals surface area contributed by atoms with Crippen LogP contribution in [0.4, 0.5) is 11.4 Å². The van der Waals surface area contributed by atoms with Gasteiger partial charge in [0.25, 0.3) is 0 Å². The number of hydrogen-bond acceptors (Lipinski definition) is 2. The van der Waals surface area contributed by atoms with Crippen molar-refractivity contribution in [1.29, 1.82) is 0 Å². The summed E-state index contributed by atoms with van der Waals surface area (Å²) in [4.78, 5) is 0. The summed E-state index contributed by atoms with van der Waals surface area (Å²) in [5.74, 6) is 0. The van der Waals surface area contributed by atoms with Crippen molar-refractivity contribution in [1.82, 2.24) is 0 Å². The van der Waals surface area contributed by atoms with Gasteiger partial charge in [-0.2, -0.15) is 0 Å². The second-order valence-corrected chi connectivity index (χ2v) is 6.28. The van der Waals surface area contributed by atoms with Crippen molar-refractivity contribution in [2.75, 3.05) is 5.32 Å². The number of rotatable bonds is 3. The Kier molecular flexibility index (Phi) is 2.95.